The van der Waals surface area contributed by atoms with Crippen LogP contribution in [0.25, 0.3) is 0 Å². The predicted molar refractivity (Wildman–Crippen MR) is 81.8 cm³/mol. The number of amides is 2. The van der Waals surface area contributed by atoms with Gasteiger partial charge in [-0.25, -0.2) is 14.8 Å². The molecule has 1 fully saturated rings. The first-order valence-electron chi connectivity index (χ1n) is 6.99. The molecule has 1 aromatic rings. The second kappa shape index (κ2) is 8.04. The van der Waals surface area contributed by atoms with E-state index in [0.29, 0.717) is 29.9 Å². The van der Waals surface area contributed by atoms with Gasteiger partial charge < -0.3 is 20.7 Å². The number of hydrogen-bond acceptors (Lipinski definition) is 6. The maximum absolute atomic E-state index is 12.4. The number of nitrogens with two attached hydrogens (primary N) is 1. The minimum Gasteiger partial charge on any atom is -0.450 e. The number of primary amides is 1. The second-order valence-electron chi connectivity index (χ2n) is 4.82. The minimum atomic E-state index is -0.824. The van der Waals surface area contributed by atoms with Gasteiger partial charge in [0.05, 0.1) is 6.61 Å². The summed E-state index contributed by atoms with van der Waals surface area (Å²) < 4.78 is 5.32. The van der Waals surface area contributed by atoms with Gasteiger partial charge in [0.2, 0.25) is 5.91 Å². The monoisotopic (exact) mass is 371 g/mol. The van der Waals surface area contributed by atoms with E-state index in [0.717, 1.165) is 6.54 Å². The van der Waals surface area contributed by atoms with Crippen molar-refractivity contribution in [2.45, 2.75) is 18.9 Å². The van der Waals surface area contributed by atoms with Gasteiger partial charge in [0, 0.05) is 32.3 Å². The molecular weight excluding hydrogens is 354 g/mol. The summed E-state index contributed by atoms with van der Waals surface area (Å²) in [4.78, 5) is 33.2. The Kier molecular flexibility index (Phi) is 6.08. The van der Waals surface area contributed by atoms with Crippen molar-refractivity contribution in [3.8, 4) is 0 Å². The Hall–Kier alpha value is -1.74. The van der Waals surface area contributed by atoms with E-state index in [2.05, 4.69) is 36.0 Å². The highest BCUT2D eigenvalue weighted by Crippen LogP contribution is 2.21. The van der Waals surface area contributed by atoms with Gasteiger partial charge in [-0.05, 0) is 28.4 Å². The Balaban J connectivity index is 1.97. The molecular formula is C13H18BrN5O3. The second-order valence-corrected chi connectivity index (χ2v) is 5.63. The molecule has 0 spiro atoms. The quantitative estimate of drug-likeness (QED) is 0.578. The van der Waals surface area contributed by atoms with Crippen LogP contribution in [0.4, 0.5) is 4.79 Å². The average Bonchev–Trinajstić information content (AvgIpc) is 2.51. The molecule has 0 saturated carbocycles. The molecule has 0 radical (unpaired) electrons. The first kappa shape index (κ1) is 16.6. The van der Waals surface area contributed by atoms with Crippen LogP contribution in [-0.2, 0) is 9.53 Å². The van der Waals surface area contributed by atoms with Crippen molar-refractivity contribution >= 4 is 27.9 Å². The van der Waals surface area contributed by atoms with E-state index in [1.165, 1.54) is 0 Å². The summed E-state index contributed by atoms with van der Waals surface area (Å²) in [7, 11) is 0. The number of halogens is 1. The molecule has 9 heteroatoms. The van der Waals surface area contributed by atoms with Gasteiger partial charge in [-0.15, -0.1) is 0 Å². The van der Waals surface area contributed by atoms with Crippen LogP contribution >= 0.6 is 15.9 Å². The zero-order chi connectivity index (χ0) is 15.9. The van der Waals surface area contributed by atoms with Gasteiger partial charge in [0.15, 0.2) is 5.82 Å². The molecule has 8 nitrogen and oxygen atoms in total. The highest BCUT2D eigenvalue weighted by atomic mass is 79.9. The normalized spacial score (nSPS) is 18.0. The number of hydrogen-bond donors (Lipinski definition) is 2. The first-order valence-corrected chi connectivity index (χ1v) is 7.78. The highest BCUT2D eigenvalue weighted by Gasteiger charge is 2.29. The lowest BCUT2D eigenvalue weighted by molar-refractivity contribution is -0.135. The Morgan fingerprint density at radius 3 is 3.09 bits per heavy atom. The fourth-order valence-electron chi connectivity index (χ4n) is 2.28. The fraction of sp³-hybridized carbons (Fsp3) is 0.538. The number of carbonyl (C=O) groups excluding carboxylic acids is 2. The summed E-state index contributed by atoms with van der Waals surface area (Å²) in [5.74, 6) is 0.589. The topological polar surface area (TPSA) is 110 Å². The minimum absolute atomic E-state index is 0.0110. The molecule has 22 heavy (non-hydrogen) atoms. The smallest absolute Gasteiger partial charge is 0.404 e. The molecule has 2 rings (SSSR count). The number of ether oxygens (including phenoxy) is 1. The molecule has 0 bridgehead atoms. The molecule has 3 N–H and O–H groups in total. The van der Waals surface area contributed by atoms with Crippen LogP contribution in [0.1, 0.15) is 24.7 Å². The summed E-state index contributed by atoms with van der Waals surface area (Å²) in [6.07, 6.45) is 1.56. The third-order valence-electron chi connectivity index (χ3n) is 3.28. The highest BCUT2D eigenvalue weighted by molar-refractivity contribution is 9.10. The standard InChI is InChI=1S/C13H18BrN5O3/c14-10-3-4-17-12(18-10)9-8-16-5-6-19(9)11(20)2-1-7-22-13(15)21/h3-4,9,16H,1-2,5-8H2,(H2,15,21). The average molecular weight is 372 g/mol. The molecule has 1 aromatic heterocycles. The van der Waals surface area contributed by atoms with Crippen molar-refractivity contribution in [1.82, 2.24) is 20.2 Å². The number of piperazine rings is 1. The summed E-state index contributed by atoms with van der Waals surface area (Å²) in [6.45, 7) is 2.08. The van der Waals surface area contributed by atoms with Crippen molar-refractivity contribution in [1.29, 1.82) is 0 Å². The lowest BCUT2D eigenvalue weighted by Gasteiger charge is -2.35. The van der Waals surface area contributed by atoms with Crippen LogP contribution in [0.2, 0.25) is 0 Å². The Morgan fingerprint density at radius 2 is 2.36 bits per heavy atom. The van der Waals surface area contributed by atoms with Gasteiger partial charge in [-0.2, -0.15) is 0 Å². The number of aromatic nitrogens is 2. The van der Waals surface area contributed by atoms with Crippen molar-refractivity contribution in [3.63, 3.8) is 0 Å². The maximum atomic E-state index is 12.4. The van der Waals surface area contributed by atoms with Gasteiger partial charge in [-0.3, -0.25) is 4.79 Å². The number of nitrogens with zero attached hydrogens (tertiary/aromatic N) is 3. The van der Waals surface area contributed by atoms with E-state index < -0.39 is 6.09 Å². The fourth-order valence-corrected chi connectivity index (χ4v) is 2.58. The third-order valence-corrected chi connectivity index (χ3v) is 3.72. The summed E-state index contributed by atoms with van der Waals surface area (Å²) >= 11 is 3.32. The number of nitrogens with one attached hydrogen (secondary N) is 1. The van der Waals surface area contributed by atoms with Crippen LogP contribution in [-0.4, -0.2) is 53.1 Å². The molecule has 0 aliphatic carbocycles. The summed E-state index contributed by atoms with van der Waals surface area (Å²) in [5, 5.41) is 3.24. The summed E-state index contributed by atoms with van der Waals surface area (Å²) in [5.41, 5.74) is 4.88. The van der Waals surface area contributed by atoms with Gasteiger partial charge in [-0.1, -0.05) is 0 Å². The van der Waals surface area contributed by atoms with Gasteiger partial charge >= 0.3 is 6.09 Å². The van der Waals surface area contributed by atoms with Gasteiger partial charge in [0.25, 0.3) is 0 Å². The predicted octanol–water partition coefficient (Wildman–Crippen LogP) is 0.588. The van der Waals surface area contributed by atoms with Crippen LogP contribution in [0.15, 0.2) is 16.9 Å². The molecule has 120 valence electrons. The SMILES string of the molecule is NC(=O)OCCCC(=O)N1CCNCC1c1nccc(Br)n1. The molecule has 1 unspecified atom stereocenters. The van der Waals surface area contributed by atoms with Gasteiger partial charge in [0.1, 0.15) is 10.6 Å². The lowest BCUT2D eigenvalue weighted by Crippen LogP contribution is -2.49. The Morgan fingerprint density at radius 1 is 1.55 bits per heavy atom. The van der Waals surface area contributed by atoms with Crippen LogP contribution in [0.5, 0.6) is 0 Å². The Labute approximate surface area is 136 Å². The Bertz CT molecular complexity index is 542. The molecule has 2 amide bonds. The molecule has 2 heterocycles. The van der Waals surface area contributed by atoms with Crippen molar-refractivity contribution < 1.29 is 14.3 Å². The van der Waals surface area contributed by atoms with Crippen LogP contribution < -0.4 is 11.1 Å². The zero-order valence-corrected chi connectivity index (χ0v) is 13.6. The van der Waals surface area contributed by atoms with E-state index >= 15 is 0 Å². The molecule has 1 saturated heterocycles. The lowest BCUT2D eigenvalue weighted by atomic mass is 10.1. The molecule has 1 aliphatic rings. The van der Waals surface area contributed by atoms with E-state index in [9.17, 15) is 9.59 Å². The van der Waals surface area contributed by atoms with Crippen molar-refractivity contribution in [3.05, 3.63) is 22.7 Å². The van der Waals surface area contributed by atoms with Crippen molar-refractivity contribution in [2.24, 2.45) is 5.73 Å². The van der Waals surface area contributed by atoms with E-state index in [4.69, 9.17) is 5.73 Å². The molecule has 0 aromatic carbocycles. The van der Waals surface area contributed by atoms with Crippen molar-refractivity contribution in [2.75, 3.05) is 26.2 Å². The zero-order valence-electron chi connectivity index (χ0n) is 12.0. The van der Waals surface area contributed by atoms with Crippen LogP contribution in [0, 0.1) is 0 Å². The van der Waals surface area contributed by atoms with E-state index in [1.807, 2.05) is 0 Å². The van der Waals surface area contributed by atoms with E-state index in [1.54, 1.807) is 17.2 Å². The molecule has 1 aliphatic heterocycles. The van der Waals surface area contributed by atoms with Crippen LogP contribution in [0.3, 0.4) is 0 Å². The largest absolute Gasteiger partial charge is 0.450 e. The van der Waals surface area contributed by atoms with E-state index in [-0.39, 0.29) is 25.0 Å². The first-order chi connectivity index (χ1) is 10.6. The number of rotatable bonds is 5. The maximum Gasteiger partial charge on any atom is 0.404 e. The molecule has 1 atom stereocenters. The third kappa shape index (κ3) is 4.63. The summed E-state index contributed by atoms with van der Waals surface area (Å²) in [6, 6.07) is 1.54. The number of carbonyl (C=O) groups is 2.